The summed E-state index contributed by atoms with van der Waals surface area (Å²) in [5, 5.41) is 5.00. The number of pyridine rings is 1. The highest BCUT2D eigenvalue weighted by molar-refractivity contribution is 6.04. The quantitative estimate of drug-likeness (QED) is 0.595. The van der Waals surface area contributed by atoms with E-state index in [2.05, 4.69) is 10.3 Å². The summed E-state index contributed by atoms with van der Waals surface area (Å²) in [6.45, 7) is 1.84. The molecule has 0 aliphatic heterocycles. The highest BCUT2D eigenvalue weighted by Gasteiger charge is 2.14. The van der Waals surface area contributed by atoms with E-state index in [0.717, 1.165) is 16.3 Å². The third-order valence-corrected chi connectivity index (χ3v) is 4.01. The minimum absolute atomic E-state index is 0.227. The van der Waals surface area contributed by atoms with Crippen LogP contribution in [0.2, 0.25) is 0 Å². The average molecular weight is 317 g/mol. The Kier molecular flexibility index (Phi) is 3.20. The molecule has 0 radical (unpaired) electrons. The molecule has 0 saturated heterocycles. The Morgan fingerprint density at radius 2 is 1.83 bits per heavy atom. The van der Waals surface area contributed by atoms with E-state index in [9.17, 15) is 9.59 Å². The van der Waals surface area contributed by atoms with E-state index in [0.29, 0.717) is 11.3 Å². The number of aromatic nitrogens is 2. The van der Waals surface area contributed by atoms with Gasteiger partial charge in [-0.15, -0.1) is 0 Å². The van der Waals surface area contributed by atoms with Gasteiger partial charge in [0.05, 0.1) is 0 Å². The summed E-state index contributed by atoms with van der Waals surface area (Å²) >= 11 is 0. The van der Waals surface area contributed by atoms with Gasteiger partial charge in [0, 0.05) is 18.0 Å². The molecule has 118 valence electrons. The van der Waals surface area contributed by atoms with Crippen molar-refractivity contribution >= 4 is 28.0 Å². The summed E-state index contributed by atoms with van der Waals surface area (Å²) in [6.07, 6.45) is 1.55. The second-order valence-corrected chi connectivity index (χ2v) is 5.78. The van der Waals surface area contributed by atoms with Crippen LogP contribution in [0.15, 0.2) is 65.6 Å². The minimum Gasteiger partial charge on any atom is -0.345 e. The number of anilines is 1. The van der Waals surface area contributed by atoms with Gasteiger partial charge >= 0.3 is 0 Å². The lowest BCUT2D eigenvalue weighted by atomic mass is 10.1. The Labute approximate surface area is 137 Å². The third kappa shape index (κ3) is 2.36. The normalized spacial score (nSPS) is 11.0. The van der Waals surface area contributed by atoms with Crippen LogP contribution in [0.3, 0.4) is 0 Å². The number of nitrogens with one attached hydrogen (secondary N) is 2. The van der Waals surface area contributed by atoms with Crippen LogP contribution in [-0.4, -0.2) is 15.3 Å². The van der Waals surface area contributed by atoms with E-state index >= 15 is 0 Å². The molecule has 1 amide bonds. The maximum Gasteiger partial charge on any atom is 0.274 e. The Morgan fingerprint density at radius 3 is 2.67 bits per heavy atom. The maximum absolute atomic E-state index is 12.6. The van der Waals surface area contributed by atoms with E-state index in [1.54, 1.807) is 6.20 Å². The fraction of sp³-hybridized carbons (Fsp3) is 0.0526. The predicted octanol–water partition coefficient (Wildman–Crippen LogP) is 3.34. The smallest absolute Gasteiger partial charge is 0.274 e. The molecule has 5 heteroatoms. The number of hydrogen-bond acceptors (Lipinski definition) is 2. The zero-order valence-electron chi connectivity index (χ0n) is 13.0. The van der Waals surface area contributed by atoms with Crippen molar-refractivity contribution in [3.63, 3.8) is 0 Å². The minimum atomic E-state index is -0.331. The number of rotatable bonds is 2. The molecule has 0 aliphatic rings. The highest BCUT2D eigenvalue weighted by atomic mass is 16.2. The molecular formula is C19H15N3O2. The van der Waals surface area contributed by atoms with Crippen molar-refractivity contribution in [1.82, 2.24) is 9.38 Å². The molecule has 0 atom stereocenters. The van der Waals surface area contributed by atoms with Crippen LogP contribution in [0.1, 0.15) is 16.1 Å². The fourth-order valence-corrected chi connectivity index (χ4v) is 2.89. The summed E-state index contributed by atoms with van der Waals surface area (Å²) in [4.78, 5) is 27.7. The molecule has 0 bridgehead atoms. The lowest BCUT2D eigenvalue weighted by molar-refractivity contribution is 0.102. The van der Waals surface area contributed by atoms with Crippen molar-refractivity contribution in [2.75, 3.05) is 5.32 Å². The topological polar surface area (TPSA) is 66.4 Å². The van der Waals surface area contributed by atoms with Crippen LogP contribution in [0.5, 0.6) is 0 Å². The molecule has 0 saturated carbocycles. The van der Waals surface area contributed by atoms with Crippen LogP contribution in [-0.2, 0) is 0 Å². The summed E-state index contributed by atoms with van der Waals surface area (Å²) < 4.78 is 1.38. The van der Waals surface area contributed by atoms with Gasteiger partial charge in [0.2, 0.25) is 0 Å². The standard InChI is InChI=1S/C19H15N3O2/c1-12-8-17-20-11-16(22(17)18(23)9-12)19(24)21-15-7-6-13-4-2-3-5-14(13)10-15/h2-11,20H,1H3,(H,21,24). The Balaban J connectivity index is 1.72. The van der Waals surface area contributed by atoms with E-state index in [1.807, 2.05) is 55.5 Å². The molecule has 0 spiro atoms. The number of carbonyl (C=O) groups excluding carboxylic acids is 1. The SMILES string of the molecule is Cc1cc(=O)n2c(C(=O)Nc3ccc4ccccc4c3)c[nH]c2c1. The number of benzene rings is 2. The zero-order chi connectivity index (χ0) is 16.7. The number of hydrogen-bond donors (Lipinski definition) is 2. The fourth-order valence-electron chi connectivity index (χ4n) is 2.89. The largest absolute Gasteiger partial charge is 0.345 e. The van der Waals surface area contributed by atoms with Crippen LogP contribution in [0, 0.1) is 6.92 Å². The average Bonchev–Trinajstić information content (AvgIpc) is 2.99. The summed E-state index contributed by atoms with van der Waals surface area (Å²) in [5.41, 5.74) is 2.19. The molecular weight excluding hydrogens is 302 g/mol. The first-order valence-electron chi connectivity index (χ1n) is 7.63. The van der Waals surface area contributed by atoms with Gasteiger partial charge in [0.15, 0.2) is 0 Å². The number of nitrogens with zero attached hydrogens (tertiary/aromatic N) is 1. The Bertz CT molecular complexity index is 1140. The Hall–Kier alpha value is -3.34. The van der Waals surface area contributed by atoms with Crippen molar-refractivity contribution in [3.05, 3.63) is 82.4 Å². The monoisotopic (exact) mass is 317 g/mol. The van der Waals surface area contributed by atoms with Crippen molar-refractivity contribution in [2.24, 2.45) is 0 Å². The van der Waals surface area contributed by atoms with Gasteiger partial charge in [0.1, 0.15) is 11.3 Å². The molecule has 0 unspecified atom stereocenters. The summed E-state index contributed by atoms with van der Waals surface area (Å²) in [5.74, 6) is -0.331. The number of imidazole rings is 1. The maximum atomic E-state index is 12.6. The number of aromatic amines is 1. The molecule has 4 aromatic rings. The van der Waals surface area contributed by atoms with Gasteiger partial charge in [-0.3, -0.25) is 14.0 Å². The molecule has 24 heavy (non-hydrogen) atoms. The number of amides is 1. The molecule has 4 rings (SSSR count). The predicted molar refractivity (Wildman–Crippen MR) is 94.7 cm³/mol. The van der Waals surface area contributed by atoms with Crippen molar-refractivity contribution in [1.29, 1.82) is 0 Å². The molecule has 5 nitrogen and oxygen atoms in total. The van der Waals surface area contributed by atoms with Gasteiger partial charge in [0.25, 0.3) is 11.5 Å². The molecule has 0 aliphatic carbocycles. The molecule has 2 aromatic heterocycles. The van der Waals surface area contributed by atoms with Crippen molar-refractivity contribution < 1.29 is 4.79 Å². The van der Waals surface area contributed by atoms with Crippen LogP contribution < -0.4 is 10.9 Å². The third-order valence-electron chi connectivity index (χ3n) is 4.01. The first kappa shape index (κ1) is 14.3. The first-order valence-corrected chi connectivity index (χ1v) is 7.63. The Morgan fingerprint density at radius 1 is 1.04 bits per heavy atom. The van der Waals surface area contributed by atoms with E-state index < -0.39 is 0 Å². The summed E-state index contributed by atoms with van der Waals surface area (Å²) in [6, 6.07) is 17.0. The number of aryl methyl sites for hydroxylation is 1. The second kappa shape index (κ2) is 5.38. The van der Waals surface area contributed by atoms with Crippen LogP contribution in [0.4, 0.5) is 5.69 Å². The van der Waals surface area contributed by atoms with Crippen molar-refractivity contribution in [2.45, 2.75) is 6.92 Å². The van der Waals surface area contributed by atoms with Crippen LogP contribution in [0.25, 0.3) is 16.4 Å². The van der Waals surface area contributed by atoms with E-state index in [4.69, 9.17) is 0 Å². The number of carbonyl (C=O) groups is 1. The van der Waals surface area contributed by atoms with Gasteiger partial charge in [-0.05, 0) is 41.5 Å². The van der Waals surface area contributed by atoms with E-state index in [1.165, 1.54) is 10.5 Å². The summed E-state index contributed by atoms with van der Waals surface area (Å²) in [7, 11) is 0. The number of fused-ring (bicyclic) bond motifs is 2. The van der Waals surface area contributed by atoms with Crippen LogP contribution >= 0.6 is 0 Å². The highest BCUT2D eigenvalue weighted by Crippen LogP contribution is 2.19. The van der Waals surface area contributed by atoms with Gasteiger partial charge in [-0.25, -0.2) is 0 Å². The molecule has 2 aromatic carbocycles. The van der Waals surface area contributed by atoms with Gasteiger partial charge < -0.3 is 10.3 Å². The van der Waals surface area contributed by atoms with Crippen molar-refractivity contribution in [3.8, 4) is 0 Å². The molecule has 2 heterocycles. The molecule has 2 N–H and O–H groups in total. The lowest BCUT2D eigenvalue weighted by Gasteiger charge is -2.06. The molecule has 0 fully saturated rings. The second-order valence-electron chi connectivity index (χ2n) is 5.78. The first-order chi connectivity index (χ1) is 11.6. The van der Waals surface area contributed by atoms with Gasteiger partial charge in [-0.1, -0.05) is 30.3 Å². The number of H-pyrrole nitrogens is 1. The lowest BCUT2D eigenvalue weighted by Crippen LogP contribution is -2.21. The zero-order valence-corrected chi connectivity index (χ0v) is 13.0. The van der Waals surface area contributed by atoms with E-state index in [-0.39, 0.29) is 17.2 Å². The van der Waals surface area contributed by atoms with Gasteiger partial charge in [-0.2, -0.15) is 0 Å².